The maximum Gasteiger partial charge on any atom is 0.335 e. The lowest BCUT2D eigenvalue weighted by atomic mass is 10.00. The van der Waals surface area contributed by atoms with E-state index < -0.39 is 17.1 Å². The molecule has 8 nitrogen and oxygen atoms in total. The largest absolute Gasteiger partial charge is 0.487 e. The molecule has 3 aromatic rings. The van der Waals surface area contributed by atoms with Gasteiger partial charge in [0, 0.05) is 13.1 Å². The van der Waals surface area contributed by atoms with Crippen LogP contribution in [-0.2, 0) is 29.2 Å². The van der Waals surface area contributed by atoms with Gasteiger partial charge in [-0.2, -0.15) is 0 Å². The number of aromatic carboxylic acids is 1. The van der Waals surface area contributed by atoms with Crippen LogP contribution in [-0.4, -0.2) is 51.0 Å². The summed E-state index contributed by atoms with van der Waals surface area (Å²) in [4.78, 5) is 52.6. The fraction of sp³-hybridized carbons (Fsp3) is 0.172. The molecule has 5 rings (SSSR count). The molecule has 1 N–H and O–H groups in total. The van der Waals surface area contributed by atoms with Gasteiger partial charge in [-0.3, -0.25) is 19.3 Å². The van der Waals surface area contributed by atoms with E-state index >= 15 is 0 Å². The second-order valence-corrected chi connectivity index (χ2v) is 11.9. The van der Waals surface area contributed by atoms with E-state index in [4.69, 9.17) is 9.84 Å². The lowest BCUT2D eigenvalue weighted by Crippen LogP contribution is -2.44. The molecule has 2 heterocycles. The molecule has 11 heteroatoms. The van der Waals surface area contributed by atoms with E-state index in [-0.39, 0.29) is 29.5 Å². The van der Waals surface area contributed by atoms with Crippen LogP contribution in [0.5, 0.6) is 5.75 Å². The van der Waals surface area contributed by atoms with Gasteiger partial charge < -0.3 is 14.7 Å². The van der Waals surface area contributed by atoms with Crippen LogP contribution in [0.2, 0.25) is 0 Å². The average Bonchev–Trinajstić information content (AvgIpc) is 3.19. The molecule has 0 spiro atoms. The summed E-state index contributed by atoms with van der Waals surface area (Å²) in [5.41, 5.74) is 3.94. The Morgan fingerprint density at radius 1 is 1.00 bits per heavy atom. The van der Waals surface area contributed by atoms with Crippen LogP contribution >= 0.6 is 43.6 Å². The monoisotopic (exact) mass is 684 g/mol. The zero-order valence-corrected chi connectivity index (χ0v) is 24.9. The number of nitrogens with zero attached hydrogens (tertiary/aromatic N) is 2. The maximum absolute atomic E-state index is 13.1. The molecule has 0 atom stereocenters. The van der Waals surface area contributed by atoms with Crippen molar-refractivity contribution in [2.45, 2.75) is 19.6 Å². The molecular formula is C29H22Br2N2O6S. The molecule has 0 unspecified atom stereocenters. The molecule has 0 aliphatic carbocycles. The van der Waals surface area contributed by atoms with Crippen LogP contribution in [0.1, 0.15) is 32.6 Å². The highest BCUT2D eigenvalue weighted by molar-refractivity contribution is 9.11. The van der Waals surface area contributed by atoms with Crippen LogP contribution in [0, 0.1) is 0 Å². The topological polar surface area (TPSA) is 104 Å². The summed E-state index contributed by atoms with van der Waals surface area (Å²) in [5, 5.41) is 8.57. The number of halogens is 2. The molecule has 204 valence electrons. The van der Waals surface area contributed by atoms with Crippen molar-refractivity contribution in [3.8, 4) is 5.75 Å². The van der Waals surface area contributed by atoms with Crippen LogP contribution in [0.25, 0.3) is 6.08 Å². The van der Waals surface area contributed by atoms with E-state index in [9.17, 15) is 19.2 Å². The molecule has 1 saturated heterocycles. The Labute approximate surface area is 251 Å². The van der Waals surface area contributed by atoms with Gasteiger partial charge >= 0.3 is 5.97 Å². The first-order valence-electron chi connectivity index (χ1n) is 12.2. The number of carboxylic acid groups (broad SMARTS) is 1. The number of rotatable bonds is 7. The van der Waals surface area contributed by atoms with Gasteiger partial charge in [0.1, 0.15) is 18.9 Å². The number of amides is 3. The van der Waals surface area contributed by atoms with Gasteiger partial charge in [-0.25, -0.2) is 4.79 Å². The molecule has 2 aliphatic rings. The van der Waals surface area contributed by atoms with Gasteiger partial charge in [0.2, 0.25) is 5.91 Å². The van der Waals surface area contributed by atoms with Crippen LogP contribution < -0.4 is 4.74 Å². The van der Waals surface area contributed by atoms with Crippen molar-refractivity contribution in [1.29, 1.82) is 0 Å². The number of hydrogen-bond donors (Lipinski definition) is 1. The summed E-state index contributed by atoms with van der Waals surface area (Å²) in [6.07, 6.45) is 2.35. The summed E-state index contributed by atoms with van der Waals surface area (Å²) in [6.45, 7) is 0.932. The van der Waals surface area contributed by atoms with Crippen LogP contribution in [0.15, 0.2) is 74.5 Å². The standard InChI is InChI=1S/C29H22Br2N2O6S/c30-22-11-18(12-23(31)26(22)39-16-17-5-7-20(8-6-17)28(36)37)13-24-27(35)33(29(38)40-24)15-25(34)32-10-9-19-3-1-2-4-21(19)14-32/h1-8,11-13H,9-10,14-16H2,(H,36,37)/b24-13-. The minimum Gasteiger partial charge on any atom is -0.487 e. The fourth-order valence-corrected chi connectivity index (χ4v) is 6.72. The number of hydrogen-bond acceptors (Lipinski definition) is 6. The molecule has 0 bridgehead atoms. The number of carbonyl (C=O) groups is 4. The maximum atomic E-state index is 13.1. The fourth-order valence-electron chi connectivity index (χ4n) is 4.43. The van der Waals surface area contributed by atoms with Gasteiger partial charge in [-0.1, -0.05) is 36.4 Å². The Balaban J connectivity index is 1.24. The number of ether oxygens (including phenoxy) is 1. The highest BCUT2D eigenvalue weighted by atomic mass is 79.9. The number of carbonyl (C=O) groups excluding carboxylic acids is 3. The van der Waals surface area contributed by atoms with Crippen molar-refractivity contribution in [2.75, 3.05) is 13.1 Å². The minimum atomic E-state index is -0.994. The van der Waals surface area contributed by atoms with Crippen LogP contribution in [0.4, 0.5) is 4.79 Å². The molecule has 0 radical (unpaired) electrons. The van der Waals surface area contributed by atoms with Gasteiger partial charge in [0.05, 0.1) is 19.4 Å². The Morgan fingerprint density at radius 3 is 2.35 bits per heavy atom. The molecule has 1 fully saturated rings. The van der Waals surface area contributed by atoms with E-state index in [1.54, 1.807) is 35.2 Å². The number of carboxylic acids is 1. The molecule has 0 aromatic heterocycles. The summed E-state index contributed by atoms with van der Waals surface area (Å²) in [6, 6.07) is 17.9. The minimum absolute atomic E-state index is 0.196. The average molecular weight is 686 g/mol. The Bertz CT molecular complexity index is 1530. The molecule has 3 amide bonds. The Kier molecular flexibility index (Phi) is 8.43. The summed E-state index contributed by atoms with van der Waals surface area (Å²) < 4.78 is 7.16. The predicted octanol–water partition coefficient (Wildman–Crippen LogP) is 6.11. The third-order valence-corrected chi connectivity index (χ3v) is 8.64. The molecular weight excluding hydrogens is 664 g/mol. The van der Waals surface area contributed by atoms with Gasteiger partial charge in [-0.05, 0) is 103 Å². The third-order valence-electron chi connectivity index (χ3n) is 6.55. The quantitative estimate of drug-likeness (QED) is 0.299. The van der Waals surface area contributed by atoms with Crippen molar-refractivity contribution < 1.29 is 29.0 Å². The van der Waals surface area contributed by atoms with E-state index in [1.807, 2.05) is 18.2 Å². The van der Waals surface area contributed by atoms with E-state index in [2.05, 4.69) is 37.9 Å². The normalized spacial score (nSPS) is 15.9. The zero-order valence-electron chi connectivity index (χ0n) is 20.9. The summed E-state index contributed by atoms with van der Waals surface area (Å²) in [5.74, 6) is -1.23. The lowest BCUT2D eigenvalue weighted by Gasteiger charge is -2.29. The van der Waals surface area contributed by atoms with E-state index in [0.29, 0.717) is 33.3 Å². The zero-order chi connectivity index (χ0) is 28.4. The van der Waals surface area contributed by atoms with Crippen molar-refractivity contribution >= 4 is 72.7 Å². The predicted molar refractivity (Wildman–Crippen MR) is 158 cm³/mol. The van der Waals surface area contributed by atoms with Gasteiger partial charge in [0.25, 0.3) is 11.1 Å². The molecule has 0 saturated carbocycles. The van der Waals surface area contributed by atoms with Crippen molar-refractivity contribution in [1.82, 2.24) is 9.80 Å². The first kappa shape index (κ1) is 28.1. The summed E-state index contributed by atoms with van der Waals surface area (Å²) >= 11 is 7.80. The summed E-state index contributed by atoms with van der Waals surface area (Å²) in [7, 11) is 0. The van der Waals surface area contributed by atoms with Gasteiger partial charge in [-0.15, -0.1) is 0 Å². The Morgan fingerprint density at radius 2 is 1.68 bits per heavy atom. The number of imide groups is 1. The molecule has 2 aliphatic heterocycles. The van der Waals surface area contributed by atoms with E-state index in [1.165, 1.54) is 17.7 Å². The third kappa shape index (κ3) is 6.16. The van der Waals surface area contributed by atoms with E-state index in [0.717, 1.165) is 34.2 Å². The number of benzene rings is 3. The van der Waals surface area contributed by atoms with Crippen molar-refractivity contribution in [3.05, 3.63) is 102 Å². The molecule has 40 heavy (non-hydrogen) atoms. The second kappa shape index (κ2) is 12.0. The SMILES string of the molecule is O=C(O)c1ccc(COc2c(Br)cc(/C=C3\SC(=O)N(CC(=O)N4CCc5ccccc5C4)C3=O)cc2Br)cc1. The smallest absolute Gasteiger partial charge is 0.335 e. The number of fused-ring (bicyclic) bond motifs is 1. The first-order valence-corrected chi connectivity index (χ1v) is 14.6. The molecule has 3 aromatic carbocycles. The lowest BCUT2D eigenvalue weighted by molar-refractivity contribution is -0.136. The van der Waals surface area contributed by atoms with Gasteiger partial charge in [0.15, 0.2) is 0 Å². The first-order chi connectivity index (χ1) is 19.2. The van der Waals surface area contributed by atoms with Crippen molar-refractivity contribution in [3.63, 3.8) is 0 Å². The highest BCUT2D eigenvalue weighted by Crippen LogP contribution is 2.38. The van der Waals surface area contributed by atoms with Crippen LogP contribution in [0.3, 0.4) is 0 Å². The number of thioether (sulfide) groups is 1. The Hall–Kier alpha value is -3.41. The second-order valence-electron chi connectivity index (χ2n) is 9.21. The highest BCUT2D eigenvalue weighted by Gasteiger charge is 2.37. The van der Waals surface area contributed by atoms with Crippen molar-refractivity contribution in [2.24, 2.45) is 0 Å².